The average Bonchev–Trinajstić information content (AvgIpc) is 3.88. The van der Waals surface area contributed by atoms with E-state index in [4.69, 9.17) is 49.0 Å². The quantitative estimate of drug-likeness (QED) is 0.147. The van der Waals surface area contributed by atoms with Crippen LogP contribution in [-0.2, 0) is 22.5 Å². The van der Waals surface area contributed by atoms with Gasteiger partial charge >= 0.3 is 6.09 Å². The smallest absolute Gasteiger partial charge is 0.407 e. The van der Waals surface area contributed by atoms with Gasteiger partial charge in [-0.05, 0) is 100 Å². The van der Waals surface area contributed by atoms with Gasteiger partial charge < -0.3 is 29.1 Å². The molecule has 1 fully saturated rings. The van der Waals surface area contributed by atoms with E-state index in [9.17, 15) is 14.7 Å². The van der Waals surface area contributed by atoms with Crippen molar-refractivity contribution in [3.8, 4) is 11.5 Å². The van der Waals surface area contributed by atoms with Gasteiger partial charge in [-0.15, -0.1) is 0 Å². The van der Waals surface area contributed by atoms with E-state index in [0.717, 1.165) is 41.6 Å². The number of halogens is 3. The van der Waals surface area contributed by atoms with Gasteiger partial charge in [0.15, 0.2) is 5.75 Å². The van der Waals surface area contributed by atoms with Crippen LogP contribution in [0.1, 0.15) is 75.4 Å². The molecule has 1 saturated carbocycles. The number of aryl methyl sites for hydroxylation is 1. The third-order valence-corrected chi connectivity index (χ3v) is 9.39. The van der Waals surface area contributed by atoms with Gasteiger partial charge in [0.2, 0.25) is 5.91 Å². The predicted octanol–water partition coefficient (Wildman–Crippen LogP) is 9.03. The first-order valence-corrected chi connectivity index (χ1v) is 17.6. The highest BCUT2D eigenvalue weighted by Crippen LogP contribution is 2.35. The largest absolute Gasteiger partial charge is 0.490 e. The van der Waals surface area contributed by atoms with Crippen molar-refractivity contribution in [3.05, 3.63) is 86.1 Å². The lowest BCUT2D eigenvalue weighted by molar-refractivity contribution is -0.137. The Morgan fingerprint density at radius 2 is 1.63 bits per heavy atom. The van der Waals surface area contributed by atoms with Gasteiger partial charge in [0.1, 0.15) is 19.0 Å². The summed E-state index contributed by atoms with van der Waals surface area (Å²) in [6.07, 6.45) is 3.18. The highest BCUT2D eigenvalue weighted by Gasteiger charge is 2.39. The Kier molecular flexibility index (Phi) is 13.5. The number of amides is 2. The molecular weight excluding hydrogens is 689 g/mol. The molecule has 12 heteroatoms. The third kappa shape index (κ3) is 10.6. The van der Waals surface area contributed by atoms with Gasteiger partial charge in [-0.3, -0.25) is 9.78 Å². The van der Waals surface area contributed by atoms with Crippen molar-refractivity contribution in [2.45, 2.75) is 84.5 Å². The van der Waals surface area contributed by atoms with Crippen LogP contribution in [-0.4, -0.2) is 70.3 Å². The zero-order valence-corrected chi connectivity index (χ0v) is 31.2. The monoisotopic (exact) mass is 733 g/mol. The lowest BCUT2D eigenvalue weighted by Gasteiger charge is -2.37. The summed E-state index contributed by atoms with van der Waals surface area (Å²) in [6.45, 7) is 10.2. The minimum Gasteiger partial charge on any atom is -0.490 e. The zero-order valence-electron chi connectivity index (χ0n) is 29.0. The summed E-state index contributed by atoms with van der Waals surface area (Å²) in [5.41, 5.74) is 2.65. The molecule has 2 amide bonds. The second-order valence-corrected chi connectivity index (χ2v) is 14.6. The topological polar surface area (TPSA) is 101 Å². The van der Waals surface area contributed by atoms with E-state index in [0.29, 0.717) is 39.5 Å². The molecule has 1 N–H and O–H groups in total. The van der Waals surface area contributed by atoms with Gasteiger partial charge in [-0.25, -0.2) is 4.79 Å². The summed E-state index contributed by atoms with van der Waals surface area (Å²) in [5.74, 6) is 0.295. The number of nitrogens with zero attached hydrogens (tertiary/aromatic N) is 3. The van der Waals surface area contributed by atoms with Crippen LogP contribution in [0.15, 0.2) is 48.7 Å². The molecule has 1 aliphatic carbocycles. The molecule has 0 aliphatic heterocycles. The number of rotatable bonds is 16. The maximum atomic E-state index is 14.5. The number of methoxy groups -OCH3 is 1. The van der Waals surface area contributed by atoms with Crippen molar-refractivity contribution in [2.24, 2.45) is 5.92 Å². The van der Waals surface area contributed by atoms with E-state index in [1.165, 1.54) is 4.90 Å². The van der Waals surface area contributed by atoms with Crippen molar-refractivity contribution in [3.63, 3.8) is 0 Å². The number of carboxylic acid groups (broad SMARTS) is 1. The van der Waals surface area contributed by atoms with Crippen LogP contribution in [0, 0.1) is 12.8 Å². The lowest BCUT2D eigenvalue weighted by Crippen LogP contribution is -2.51. The van der Waals surface area contributed by atoms with Crippen molar-refractivity contribution in [1.82, 2.24) is 14.8 Å². The van der Waals surface area contributed by atoms with Crippen LogP contribution < -0.4 is 9.47 Å². The summed E-state index contributed by atoms with van der Waals surface area (Å²) in [4.78, 5) is 34.5. The van der Waals surface area contributed by atoms with E-state index >= 15 is 0 Å². The number of aromatic nitrogens is 1. The van der Waals surface area contributed by atoms with Crippen LogP contribution in [0.5, 0.6) is 11.5 Å². The summed E-state index contributed by atoms with van der Waals surface area (Å²) < 4.78 is 17.2. The number of ether oxygens (including phenoxy) is 3. The van der Waals surface area contributed by atoms with Gasteiger partial charge in [0, 0.05) is 38.0 Å². The number of hydrogen-bond acceptors (Lipinski definition) is 6. The van der Waals surface area contributed by atoms with Gasteiger partial charge in [-0.2, -0.15) is 0 Å². The first kappa shape index (κ1) is 38.6. The molecule has 0 bridgehead atoms. The van der Waals surface area contributed by atoms with Crippen LogP contribution in [0.3, 0.4) is 0 Å². The molecule has 4 rings (SSSR count). The Hall–Kier alpha value is -3.24. The Morgan fingerprint density at radius 3 is 2.18 bits per heavy atom. The molecule has 2 aromatic carbocycles. The second kappa shape index (κ2) is 17.1. The molecule has 1 aliphatic rings. The SMILES string of the molecule is CCC(OC)c1cc(CN(C(=O)C(Cc2ccc(OCCOc3c(Cl)cc(C)cc3Cl)cc2)CN(C(=O)O)C(C)(C)C)C2CC2)c(Cl)cn1. The molecule has 3 aromatic rings. The fourth-order valence-electron chi connectivity index (χ4n) is 5.71. The second-order valence-electron chi connectivity index (χ2n) is 13.4. The number of carbonyl (C=O) groups is 2. The van der Waals surface area contributed by atoms with Crippen LogP contribution >= 0.6 is 34.8 Å². The van der Waals surface area contributed by atoms with Gasteiger partial charge in [-0.1, -0.05) is 53.9 Å². The first-order chi connectivity index (χ1) is 23.2. The molecule has 1 aromatic heterocycles. The molecule has 9 nitrogen and oxygen atoms in total. The number of pyridine rings is 1. The molecule has 2 unspecified atom stereocenters. The molecule has 0 spiro atoms. The Balaban J connectivity index is 1.50. The normalized spacial score (nSPS) is 14.2. The highest BCUT2D eigenvalue weighted by atomic mass is 35.5. The van der Waals surface area contributed by atoms with Gasteiger partial charge in [0.25, 0.3) is 0 Å². The molecule has 1 heterocycles. The van der Waals surface area contributed by atoms with Crippen molar-refractivity contribution >= 4 is 46.8 Å². The summed E-state index contributed by atoms with van der Waals surface area (Å²) in [5, 5.41) is 11.5. The summed E-state index contributed by atoms with van der Waals surface area (Å²) in [7, 11) is 1.64. The van der Waals surface area contributed by atoms with Crippen LogP contribution in [0.4, 0.5) is 4.79 Å². The average molecular weight is 735 g/mol. The van der Waals surface area contributed by atoms with E-state index in [1.54, 1.807) is 25.4 Å². The molecule has 49 heavy (non-hydrogen) atoms. The molecule has 266 valence electrons. The van der Waals surface area contributed by atoms with Gasteiger partial charge in [0.05, 0.1) is 32.8 Å². The fourth-order valence-corrected chi connectivity index (χ4v) is 6.58. The lowest BCUT2D eigenvalue weighted by atomic mass is 9.94. The Bertz CT molecular complexity index is 1570. The molecular formula is C37H46Cl3N3O6. The predicted molar refractivity (Wildman–Crippen MR) is 193 cm³/mol. The van der Waals surface area contributed by atoms with E-state index in [1.807, 2.05) is 69.9 Å². The van der Waals surface area contributed by atoms with Crippen molar-refractivity contribution < 1.29 is 28.9 Å². The minimum absolute atomic E-state index is 0.0392. The summed E-state index contributed by atoms with van der Waals surface area (Å²) >= 11 is 19.2. The number of benzene rings is 2. The zero-order chi connectivity index (χ0) is 35.9. The van der Waals surface area contributed by atoms with E-state index in [-0.39, 0.29) is 37.8 Å². The number of carbonyl (C=O) groups excluding carboxylic acids is 1. The standard InChI is InChI=1S/C37H46Cl3N3O6/c1-7-33(47-6)32-19-25(31(40)20-41-32)21-42(27-10-11-27)35(44)26(22-43(36(45)46)37(3,4)5)18-24-8-12-28(13-9-24)48-14-15-49-34-29(38)16-23(2)17-30(34)39/h8-9,12-13,16-17,19-20,26-27,33H,7,10-11,14-15,18,21-22H2,1-6H3,(H,45,46). The first-order valence-electron chi connectivity index (χ1n) is 16.5. The van der Waals surface area contributed by atoms with E-state index in [2.05, 4.69) is 4.98 Å². The maximum Gasteiger partial charge on any atom is 0.407 e. The van der Waals surface area contributed by atoms with Crippen LogP contribution in [0.25, 0.3) is 0 Å². The minimum atomic E-state index is -1.07. The Morgan fingerprint density at radius 1 is 1.00 bits per heavy atom. The van der Waals surface area contributed by atoms with Crippen molar-refractivity contribution in [2.75, 3.05) is 26.9 Å². The Labute approximate surface area is 304 Å². The molecule has 0 radical (unpaired) electrons. The third-order valence-electron chi connectivity index (χ3n) is 8.49. The molecule has 0 saturated heterocycles. The van der Waals surface area contributed by atoms with Crippen LogP contribution in [0.2, 0.25) is 15.1 Å². The maximum absolute atomic E-state index is 14.5. The number of hydrogen-bond donors (Lipinski definition) is 1. The highest BCUT2D eigenvalue weighted by molar-refractivity contribution is 6.37. The molecule has 2 atom stereocenters. The fraction of sp³-hybridized carbons (Fsp3) is 0.486. The van der Waals surface area contributed by atoms with E-state index < -0.39 is 17.6 Å². The summed E-state index contributed by atoms with van der Waals surface area (Å²) in [6, 6.07) is 13.0. The van der Waals surface area contributed by atoms with Crippen molar-refractivity contribution in [1.29, 1.82) is 0 Å².